The summed E-state index contributed by atoms with van der Waals surface area (Å²) in [5, 5.41) is 8.61. The maximum absolute atomic E-state index is 12.6. The molecule has 1 aliphatic rings. The minimum Gasteiger partial charge on any atom is -0.360 e. The van der Waals surface area contributed by atoms with E-state index in [-0.39, 0.29) is 17.7 Å². The third-order valence-electron chi connectivity index (χ3n) is 4.52. The van der Waals surface area contributed by atoms with Gasteiger partial charge in [0.1, 0.15) is 18.0 Å². The van der Waals surface area contributed by atoms with Crippen LogP contribution in [0.3, 0.4) is 0 Å². The lowest BCUT2D eigenvalue weighted by Crippen LogP contribution is -2.25. The highest BCUT2D eigenvalue weighted by molar-refractivity contribution is 5.94. The van der Waals surface area contributed by atoms with Crippen molar-refractivity contribution in [3.63, 3.8) is 0 Å². The quantitative estimate of drug-likeness (QED) is 0.480. The van der Waals surface area contributed by atoms with Gasteiger partial charge in [-0.25, -0.2) is 0 Å². The zero-order valence-electron chi connectivity index (χ0n) is 15.3. The number of fused-ring (bicyclic) bond motifs is 1. The van der Waals surface area contributed by atoms with Gasteiger partial charge in [-0.05, 0) is 49.1 Å². The molecule has 0 unspecified atom stereocenters. The number of aromatic nitrogens is 3. The van der Waals surface area contributed by atoms with Crippen molar-refractivity contribution in [3.8, 4) is 0 Å². The summed E-state index contributed by atoms with van der Waals surface area (Å²) in [4.78, 5) is 23.4. The van der Waals surface area contributed by atoms with Crippen molar-refractivity contribution in [3.05, 3.63) is 42.1 Å². The van der Waals surface area contributed by atoms with E-state index in [4.69, 9.17) is 0 Å². The molecule has 2 aromatic heterocycles. The van der Waals surface area contributed by atoms with Gasteiger partial charge in [0.05, 0.1) is 5.39 Å². The molecule has 0 saturated heterocycles. The number of anilines is 3. The summed E-state index contributed by atoms with van der Waals surface area (Å²) in [5.41, 5.74) is 1.55. The molecule has 0 radical (unpaired) electrons. The van der Waals surface area contributed by atoms with Gasteiger partial charge in [0.25, 0.3) is 5.91 Å². The molecule has 1 fully saturated rings. The van der Waals surface area contributed by atoms with Gasteiger partial charge < -0.3 is 20.9 Å². The molecule has 10 heteroatoms. The van der Waals surface area contributed by atoms with Crippen molar-refractivity contribution in [1.29, 1.82) is 0 Å². The summed E-state index contributed by atoms with van der Waals surface area (Å²) < 4.78 is 37.7. The second-order valence-corrected chi connectivity index (χ2v) is 6.96. The Morgan fingerprint density at radius 3 is 2.59 bits per heavy atom. The molecular formula is C19H19F3N6O. The predicted molar refractivity (Wildman–Crippen MR) is 103 cm³/mol. The first-order valence-corrected chi connectivity index (χ1v) is 9.18. The topological polar surface area (TPSA) is 94.7 Å². The van der Waals surface area contributed by atoms with E-state index in [0.29, 0.717) is 34.7 Å². The van der Waals surface area contributed by atoms with E-state index < -0.39 is 12.7 Å². The number of alkyl halides is 3. The van der Waals surface area contributed by atoms with Crippen LogP contribution in [-0.4, -0.2) is 40.1 Å². The molecule has 4 N–H and O–H groups in total. The number of hydrogen-bond donors (Lipinski definition) is 4. The summed E-state index contributed by atoms with van der Waals surface area (Å²) >= 11 is 0. The number of carbonyl (C=O) groups is 1. The number of carbonyl (C=O) groups excluding carboxylic acids is 1. The van der Waals surface area contributed by atoms with Crippen molar-refractivity contribution in [2.75, 3.05) is 23.7 Å². The van der Waals surface area contributed by atoms with Crippen molar-refractivity contribution < 1.29 is 18.0 Å². The van der Waals surface area contributed by atoms with Gasteiger partial charge in [0.15, 0.2) is 0 Å². The fourth-order valence-electron chi connectivity index (χ4n) is 2.81. The van der Waals surface area contributed by atoms with E-state index in [0.717, 1.165) is 12.8 Å². The maximum Gasteiger partial charge on any atom is 0.405 e. The SMILES string of the molecule is O=C(NCC1CC1)c1ccc(Nc2nc(NCC(F)(F)F)c3cc[nH]c3n2)cc1. The zero-order chi connectivity index (χ0) is 20.4. The molecule has 152 valence electrons. The summed E-state index contributed by atoms with van der Waals surface area (Å²) in [6.07, 6.45) is -0.462. The number of benzene rings is 1. The number of aromatic amines is 1. The Bertz CT molecular complexity index is 1010. The normalized spacial score (nSPS) is 14.0. The van der Waals surface area contributed by atoms with Crippen molar-refractivity contribution in [2.24, 2.45) is 5.92 Å². The molecule has 1 amide bonds. The highest BCUT2D eigenvalue weighted by Gasteiger charge is 2.27. The minimum atomic E-state index is -4.36. The van der Waals surface area contributed by atoms with Crippen molar-refractivity contribution in [2.45, 2.75) is 19.0 Å². The van der Waals surface area contributed by atoms with Gasteiger partial charge in [0.2, 0.25) is 5.95 Å². The van der Waals surface area contributed by atoms with E-state index in [1.165, 1.54) is 0 Å². The van der Waals surface area contributed by atoms with Crippen LogP contribution in [0.1, 0.15) is 23.2 Å². The molecule has 3 aromatic rings. The van der Waals surface area contributed by atoms with Gasteiger partial charge in [-0.15, -0.1) is 0 Å². The summed E-state index contributed by atoms with van der Waals surface area (Å²) in [7, 11) is 0. The van der Waals surface area contributed by atoms with Gasteiger partial charge in [-0.2, -0.15) is 23.1 Å². The average molecular weight is 404 g/mol. The number of nitrogens with one attached hydrogen (secondary N) is 4. The number of nitrogens with zero attached hydrogens (tertiary/aromatic N) is 2. The third-order valence-corrected chi connectivity index (χ3v) is 4.52. The number of rotatable bonds is 7. The summed E-state index contributed by atoms with van der Waals surface area (Å²) in [6, 6.07) is 8.32. The van der Waals surface area contributed by atoms with E-state index >= 15 is 0 Å². The molecule has 1 saturated carbocycles. The van der Waals surface area contributed by atoms with Crippen molar-refractivity contribution >= 4 is 34.4 Å². The van der Waals surface area contributed by atoms with Crippen LogP contribution in [0.2, 0.25) is 0 Å². The lowest BCUT2D eigenvalue weighted by atomic mass is 10.2. The standard InChI is InChI=1S/C19H19F3N6O/c20-19(21,22)10-25-16-14-7-8-23-15(14)27-18(28-16)26-13-5-3-12(4-6-13)17(29)24-9-11-1-2-11/h3-8,11H,1-2,9-10H2,(H,24,29)(H3,23,25,26,27,28). The smallest absolute Gasteiger partial charge is 0.360 e. The number of hydrogen-bond acceptors (Lipinski definition) is 5. The predicted octanol–water partition coefficient (Wildman–Crippen LogP) is 3.82. The Balaban J connectivity index is 1.47. The molecule has 2 heterocycles. The van der Waals surface area contributed by atoms with Crippen LogP contribution in [0.15, 0.2) is 36.5 Å². The highest BCUT2D eigenvalue weighted by atomic mass is 19.4. The molecule has 4 rings (SSSR count). The average Bonchev–Trinajstić information content (AvgIpc) is 3.39. The maximum atomic E-state index is 12.6. The van der Waals surface area contributed by atoms with Crippen LogP contribution in [0.4, 0.5) is 30.6 Å². The fourth-order valence-corrected chi connectivity index (χ4v) is 2.81. The first-order chi connectivity index (χ1) is 13.9. The van der Waals surface area contributed by atoms with E-state index in [1.807, 2.05) is 0 Å². The van der Waals surface area contributed by atoms with E-state index in [9.17, 15) is 18.0 Å². The molecule has 0 spiro atoms. The molecule has 1 aromatic carbocycles. The minimum absolute atomic E-state index is 0.0761. The van der Waals surface area contributed by atoms with Crippen LogP contribution >= 0.6 is 0 Å². The van der Waals surface area contributed by atoms with Crippen LogP contribution in [0.25, 0.3) is 11.0 Å². The Hall–Kier alpha value is -3.30. The number of amides is 1. The third kappa shape index (κ3) is 4.95. The second-order valence-electron chi connectivity index (χ2n) is 6.96. The van der Waals surface area contributed by atoms with Crippen LogP contribution in [-0.2, 0) is 0 Å². The lowest BCUT2D eigenvalue weighted by Gasteiger charge is -2.12. The van der Waals surface area contributed by atoms with Gasteiger partial charge in [-0.3, -0.25) is 4.79 Å². The van der Waals surface area contributed by atoms with Gasteiger partial charge >= 0.3 is 6.18 Å². The van der Waals surface area contributed by atoms with Crippen LogP contribution < -0.4 is 16.0 Å². The summed E-state index contributed by atoms with van der Waals surface area (Å²) in [6.45, 7) is -0.509. The van der Waals surface area contributed by atoms with Crippen LogP contribution in [0.5, 0.6) is 0 Å². The lowest BCUT2D eigenvalue weighted by molar-refractivity contribution is -0.115. The first kappa shape index (κ1) is 19.0. The molecule has 7 nitrogen and oxygen atoms in total. The molecule has 0 aliphatic heterocycles. The largest absolute Gasteiger partial charge is 0.405 e. The van der Waals surface area contributed by atoms with Crippen LogP contribution in [0, 0.1) is 5.92 Å². The fraction of sp³-hybridized carbons (Fsp3) is 0.316. The molecule has 29 heavy (non-hydrogen) atoms. The summed E-state index contributed by atoms with van der Waals surface area (Å²) in [5.74, 6) is 0.675. The van der Waals surface area contributed by atoms with E-state index in [2.05, 4.69) is 30.9 Å². The monoisotopic (exact) mass is 404 g/mol. The Morgan fingerprint density at radius 1 is 1.14 bits per heavy atom. The Morgan fingerprint density at radius 2 is 1.90 bits per heavy atom. The molecular weight excluding hydrogens is 385 g/mol. The van der Waals surface area contributed by atoms with Gasteiger partial charge in [0, 0.05) is 24.0 Å². The molecule has 0 atom stereocenters. The second kappa shape index (κ2) is 7.61. The number of H-pyrrole nitrogens is 1. The number of halogens is 3. The molecule has 1 aliphatic carbocycles. The highest BCUT2D eigenvalue weighted by Crippen LogP contribution is 2.28. The zero-order valence-corrected chi connectivity index (χ0v) is 15.3. The first-order valence-electron chi connectivity index (χ1n) is 9.18. The Labute approximate surface area is 164 Å². The molecule has 0 bridgehead atoms. The van der Waals surface area contributed by atoms with Crippen molar-refractivity contribution in [1.82, 2.24) is 20.3 Å². The van der Waals surface area contributed by atoms with E-state index in [1.54, 1.807) is 36.5 Å². The Kier molecular flexibility index (Phi) is 4.99. The van der Waals surface area contributed by atoms with Gasteiger partial charge in [-0.1, -0.05) is 0 Å².